The van der Waals surface area contributed by atoms with Crippen LogP contribution < -0.4 is 4.57 Å². The van der Waals surface area contributed by atoms with Crippen molar-refractivity contribution in [2.75, 3.05) is 0 Å². The van der Waals surface area contributed by atoms with Crippen LogP contribution in [0.15, 0.2) is 48.0 Å². The van der Waals surface area contributed by atoms with E-state index >= 15 is 0 Å². The highest BCUT2D eigenvalue weighted by Gasteiger charge is 2.27. The van der Waals surface area contributed by atoms with Crippen molar-refractivity contribution < 1.29 is 4.57 Å². The maximum atomic E-state index is 2.35. The summed E-state index contributed by atoms with van der Waals surface area (Å²) in [5, 5.41) is 3.56. The molecule has 1 nitrogen and oxygen atoms in total. The van der Waals surface area contributed by atoms with Crippen LogP contribution in [0.4, 0.5) is 0 Å². The van der Waals surface area contributed by atoms with Crippen LogP contribution in [0.2, 0.25) is 0 Å². The van der Waals surface area contributed by atoms with Crippen LogP contribution in [0.1, 0.15) is 5.56 Å². The average molecular weight is 224 g/mol. The minimum absolute atomic E-state index is 1.01. The van der Waals surface area contributed by atoms with Gasteiger partial charge in [-0.15, -0.1) is 11.3 Å². The number of benzene rings is 1. The first-order valence-corrected chi connectivity index (χ1v) is 6.29. The number of hydrogen-bond donors (Lipinski definition) is 0. The molecule has 0 fully saturated rings. The van der Waals surface area contributed by atoms with Gasteiger partial charge < -0.3 is 0 Å². The Labute approximate surface area is 97.6 Å². The van der Waals surface area contributed by atoms with E-state index in [2.05, 4.69) is 52.5 Å². The lowest BCUT2D eigenvalue weighted by molar-refractivity contribution is -0.670. The largest absolute Gasteiger partial charge is 0.222 e. The van der Waals surface area contributed by atoms with Crippen molar-refractivity contribution in [2.24, 2.45) is 0 Å². The number of rotatable bonds is 0. The van der Waals surface area contributed by atoms with E-state index < -0.39 is 0 Å². The molecule has 16 heavy (non-hydrogen) atoms. The average Bonchev–Trinajstić information content (AvgIpc) is 2.91. The molecule has 0 spiro atoms. The van der Waals surface area contributed by atoms with Gasteiger partial charge in [-0.1, -0.05) is 18.2 Å². The maximum absolute atomic E-state index is 2.35. The Morgan fingerprint density at radius 1 is 1.06 bits per heavy atom. The van der Waals surface area contributed by atoms with Crippen molar-refractivity contribution in [3.8, 4) is 11.3 Å². The number of thiophene rings is 1. The van der Waals surface area contributed by atoms with Gasteiger partial charge in [0.2, 0.25) is 5.69 Å². The smallest absolute Gasteiger partial charge is 0.193 e. The molecule has 2 aromatic heterocycles. The summed E-state index contributed by atoms with van der Waals surface area (Å²) < 4.78 is 3.72. The van der Waals surface area contributed by atoms with Gasteiger partial charge in [-0.2, -0.15) is 4.57 Å². The summed E-state index contributed by atoms with van der Waals surface area (Å²) in [6, 6.07) is 13.1. The van der Waals surface area contributed by atoms with Crippen molar-refractivity contribution in [3.63, 3.8) is 0 Å². The predicted octanol–water partition coefficient (Wildman–Crippen LogP) is 3.22. The van der Waals surface area contributed by atoms with Gasteiger partial charge in [0.25, 0.3) is 0 Å². The van der Waals surface area contributed by atoms with E-state index in [9.17, 15) is 0 Å². The van der Waals surface area contributed by atoms with Gasteiger partial charge in [-0.05, 0) is 17.5 Å². The fourth-order valence-corrected chi connectivity index (χ4v) is 3.32. The zero-order chi connectivity index (χ0) is 10.5. The quantitative estimate of drug-likeness (QED) is 0.404. The van der Waals surface area contributed by atoms with E-state index in [-0.39, 0.29) is 0 Å². The highest BCUT2D eigenvalue weighted by molar-refractivity contribution is 7.17. The number of fused-ring (bicyclic) bond motifs is 5. The van der Waals surface area contributed by atoms with E-state index in [1.165, 1.54) is 26.9 Å². The lowest BCUT2D eigenvalue weighted by atomic mass is 10.1. The third kappa shape index (κ3) is 0.973. The second-order valence-corrected chi connectivity index (χ2v) is 5.10. The van der Waals surface area contributed by atoms with Gasteiger partial charge in [-0.25, -0.2) is 0 Å². The van der Waals surface area contributed by atoms with Crippen LogP contribution in [0.25, 0.3) is 21.3 Å². The third-order valence-corrected chi connectivity index (χ3v) is 4.14. The van der Waals surface area contributed by atoms with Gasteiger partial charge in [0.1, 0.15) is 0 Å². The molecule has 4 rings (SSSR count). The monoisotopic (exact) mass is 224 g/mol. The molecule has 0 radical (unpaired) electrons. The third-order valence-electron chi connectivity index (χ3n) is 3.26. The fraction of sp³-hybridized carbons (Fsp3) is 0.0714. The lowest BCUT2D eigenvalue weighted by Gasteiger charge is -1.95. The second kappa shape index (κ2) is 2.92. The Hall–Kier alpha value is -1.67. The molecule has 0 aliphatic carbocycles. The highest BCUT2D eigenvalue weighted by atomic mass is 32.1. The van der Waals surface area contributed by atoms with Crippen molar-refractivity contribution in [3.05, 3.63) is 53.5 Å². The molecular weight excluding hydrogens is 214 g/mol. The van der Waals surface area contributed by atoms with Crippen LogP contribution in [-0.4, -0.2) is 0 Å². The zero-order valence-electron chi connectivity index (χ0n) is 8.68. The molecule has 3 heterocycles. The molecule has 1 aliphatic heterocycles. The number of nitrogens with zero attached hydrogens (tertiary/aromatic N) is 1. The second-order valence-electron chi connectivity index (χ2n) is 4.15. The number of aromatic nitrogens is 1. The summed E-state index contributed by atoms with van der Waals surface area (Å²) in [7, 11) is 0. The van der Waals surface area contributed by atoms with Crippen molar-refractivity contribution in [1.29, 1.82) is 0 Å². The molecule has 1 aliphatic rings. The summed E-state index contributed by atoms with van der Waals surface area (Å²) >= 11 is 1.81. The normalized spacial score (nSPS) is 12.8. The molecule has 2 heteroatoms. The molecule has 0 amide bonds. The Balaban J connectivity index is 2.18. The standard InChI is InChI=1S/C14H10NS/c1-2-4-11-10(3-1)9-15-7-5-13-12(14(11)15)6-8-16-13/h1-8H,9H2/q+1. The van der Waals surface area contributed by atoms with E-state index in [1.54, 1.807) is 0 Å². The number of pyridine rings is 1. The van der Waals surface area contributed by atoms with Gasteiger partial charge in [0.15, 0.2) is 12.7 Å². The van der Waals surface area contributed by atoms with Gasteiger partial charge in [0, 0.05) is 16.3 Å². The summed E-state index contributed by atoms with van der Waals surface area (Å²) in [4.78, 5) is 0. The van der Waals surface area contributed by atoms with Crippen LogP contribution in [0, 0.1) is 0 Å². The van der Waals surface area contributed by atoms with E-state index in [1.807, 2.05) is 11.3 Å². The van der Waals surface area contributed by atoms with E-state index in [0.717, 1.165) is 6.54 Å². The highest BCUT2D eigenvalue weighted by Crippen LogP contribution is 2.33. The lowest BCUT2D eigenvalue weighted by Crippen LogP contribution is -2.31. The Morgan fingerprint density at radius 3 is 3.00 bits per heavy atom. The Morgan fingerprint density at radius 2 is 2.00 bits per heavy atom. The summed E-state index contributed by atoms with van der Waals surface area (Å²) in [5.41, 5.74) is 4.21. The van der Waals surface area contributed by atoms with Crippen molar-refractivity contribution in [2.45, 2.75) is 6.54 Å². The van der Waals surface area contributed by atoms with Crippen molar-refractivity contribution >= 4 is 21.4 Å². The molecule has 0 unspecified atom stereocenters. The van der Waals surface area contributed by atoms with Crippen LogP contribution >= 0.6 is 11.3 Å². The SMILES string of the molecule is c1ccc2c(c1)C[n+]1ccc3sccc3c1-2. The number of hydrogen-bond acceptors (Lipinski definition) is 1. The summed E-state index contributed by atoms with van der Waals surface area (Å²) in [5.74, 6) is 0. The van der Waals surface area contributed by atoms with E-state index in [0.29, 0.717) is 0 Å². The van der Waals surface area contributed by atoms with Gasteiger partial charge in [-0.3, -0.25) is 0 Å². The molecule has 76 valence electrons. The Kier molecular flexibility index (Phi) is 1.55. The van der Waals surface area contributed by atoms with E-state index in [4.69, 9.17) is 0 Å². The first-order chi connectivity index (χ1) is 7.93. The summed E-state index contributed by atoms with van der Waals surface area (Å²) in [6.45, 7) is 1.01. The molecule has 1 aromatic carbocycles. The summed E-state index contributed by atoms with van der Waals surface area (Å²) in [6.07, 6.45) is 2.20. The molecule has 0 saturated heterocycles. The molecule has 0 saturated carbocycles. The molecule has 3 aromatic rings. The van der Waals surface area contributed by atoms with Crippen LogP contribution in [0.3, 0.4) is 0 Å². The molecule has 0 N–H and O–H groups in total. The minimum Gasteiger partial charge on any atom is -0.193 e. The van der Waals surface area contributed by atoms with Crippen LogP contribution in [-0.2, 0) is 6.54 Å². The predicted molar refractivity (Wildman–Crippen MR) is 66.6 cm³/mol. The Bertz CT molecular complexity index is 697. The zero-order valence-corrected chi connectivity index (χ0v) is 9.50. The van der Waals surface area contributed by atoms with Crippen LogP contribution in [0.5, 0.6) is 0 Å². The molecule has 0 atom stereocenters. The molecular formula is C14H10NS+. The minimum atomic E-state index is 1.01. The van der Waals surface area contributed by atoms with Gasteiger partial charge >= 0.3 is 0 Å². The topological polar surface area (TPSA) is 3.88 Å². The van der Waals surface area contributed by atoms with Crippen molar-refractivity contribution in [1.82, 2.24) is 0 Å². The fourth-order valence-electron chi connectivity index (χ4n) is 2.54. The van der Waals surface area contributed by atoms with Gasteiger partial charge in [0.05, 0.1) is 10.9 Å². The first kappa shape index (κ1) is 8.48. The molecule has 0 bridgehead atoms. The maximum Gasteiger partial charge on any atom is 0.222 e. The first-order valence-electron chi connectivity index (χ1n) is 5.41.